The number of ether oxygens (including phenoxy) is 1. The second-order valence-corrected chi connectivity index (χ2v) is 9.92. The maximum atomic E-state index is 13.5. The van der Waals surface area contributed by atoms with Crippen molar-refractivity contribution in [2.45, 2.75) is 32.6 Å². The molecular formula is C26H27N3O4S2. The first-order valence-corrected chi connectivity index (χ1v) is 12.8. The Labute approximate surface area is 214 Å². The number of hydrogen-bond acceptors (Lipinski definition) is 6. The summed E-state index contributed by atoms with van der Waals surface area (Å²) >= 11 is 6.64. The Morgan fingerprint density at radius 2 is 1.74 bits per heavy atom. The number of thioether (sulfide) groups is 1. The van der Waals surface area contributed by atoms with Crippen LogP contribution < -0.4 is 15.0 Å². The van der Waals surface area contributed by atoms with Crippen molar-refractivity contribution in [3.05, 3.63) is 59.0 Å². The van der Waals surface area contributed by atoms with Crippen molar-refractivity contribution < 1.29 is 19.1 Å². The first-order chi connectivity index (χ1) is 16.9. The number of benzene rings is 2. The van der Waals surface area contributed by atoms with E-state index in [0.717, 1.165) is 37.4 Å². The fourth-order valence-electron chi connectivity index (χ4n) is 4.11. The Balaban J connectivity index is 1.55. The second kappa shape index (κ2) is 11.0. The highest BCUT2D eigenvalue weighted by Crippen LogP contribution is 2.44. The number of para-hydroxylation sites is 1. The Bertz CT molecular complexity index is 1190. The Morgan fingerprint density at radius 3 is 2.46 bits per heavy atom. The van der Waals surface area contributed by atoms with E-state index >= 15 is 0 Å². The minimum Gasteiger partial charge on any atom is -0.497 e. The molecule has 0 bridgehead atoms. The van der Waals surface area contributed by atoms with E-state index in [0.29, 0.717) is 44.0 Å². The zero-order chi connectivity index (χ0) is 24.9. The van der Waals surface area contributed by atoms with Crippen LogP contribution in [0, 0.1) is 0 Å². The molecule has 0 saturated carbocycles. The number of carbonyl (C=O) groups is 3. The van der Waals surface area contributed by atoms with Crippen LogP contribution in [0.15, 0.2) is 53.4 Å². The molecule has 2 aliphatic rings. The molecule has 0 aliphatic carbocycles. The summed E-state index contributed by atoms with van der Waals surface area (Å²) in [6.45, 7) is 2.50. The number of unbranched alkanes of at least 4 members (excludes halogenated alkanes) is 3. The third kappa shape index (κ3) is 5.26. The van der Waals surface area contributed by atoms with Gasteiger partial charge in [0.15, 0.2) is 0 Å². The van der Waals surface area contributed by atoms with Crippen molar-refractivity contribution in [1.82, 2.24) is 4.90 Å². The molecule has 182 valence electrons. The minimum absolute atomic E-state index is 0.178. The van der Waals surface area contributed by atoms with Crippen LogP contribution in [-0.2, 0) is 14.4 Å². The molecule has 0 atom stereocenters. The maximum Gasteiger partial charge on any atom is 0.267 e. The van der Waals surface area contributed by atoms with Crippen molar-refractivity contribution >= 4 is 63.0 Å². The van der Waals surface area contributed by atoms with E-state index in [1.54, 1.807) is 48.4 Å². The molecule has 35 heavy (non-hydrogen) atoms. The molecule has 3 amide bonds. The Hall–Kier alpha value is -3.17. The molecule has 1 fully saturated rings. The third-order valence-electron chi connectivity index (χ3n) is 5.91. The number of carbonyl (C=O) groups excluding carboxylic acids is 3. The van der Waals surface area contributed by atoms with Crippen LogP contribution in [0.5, 0.6) is 5.75 Å². The average molecular weight is 510 g/mol. The summed E-state index contributed by atoms with van der Waals surface area (Å²) in [5, 5.41) is 2.81. The number of amides is 3. The standard InChI is InChI=1S/C26H27N3O4S2/c1-3-4-5-8-15-28-25(32)23(35-26(28)34)22-19-9-6-7-10-20(19)29(24(22)31)16-21(30)27-17-11-13-18(33-2)14-12-17/h6-7,9-14H,3-5,8,15-16H2,1-2H3,(H,27,30). The van der Waals surface area contributed by atoms with Crippen LogP contribution in [0.1, 0.15) is 38.2 Å². The van der Waals surface area contributed by atoms with Gasteiger partial charge in [-0.25, -0.2) is 0 Å². The Morgan fingerprint density at radius 1 is 1.00 bits per heavy atom. The highest BCUT2D eigenvalue weighted by Gasteiger charge is 2.42. The molecule has 4 rings (SSSR count). The van der Waals surface area contributed by atoms with Gasteiger partial charge in [-0.1, -0.05) is 68.4 Å². The van der Waals surface area contributed by atoms with Crippen LogP contribution in [0.25, 0.3) is 5.57 Å². The molecule has 7 nitrogen and oxygen atoms in total. The lowest BCUT2D eigenvalue weighted by Crippen LogP contribution is -2.35. The molecular weight excluding hydrogens is 482 g/mol. The zero-order valence-electron chi connectivity index (χ0n) is 19.7. The summed E-state index contributed by atoms with van der Waals surface area (Å²) in [6.07, 6.45) is 4.11. The van der Waals surface area contributed by atoms with Crippen molar-refractivity contribution in [3.8, 4) is 5.75 Å². The lowest BCUT2D eigenvalue weighted by atomic mass is 10.1. The van der Waals surface area contributed by atoms with Crippen molar-refractivity contribution in [2.24, 2.45) is 0 Å². The molecule has 0 unspecified atom stereocenters. The van der Waals surface area contributed by atoms with Gasteiger partial charge >= 0.3 is 0 Å². The third-order valence-corrected chi connectivity index (χ3v) is 7.36. The molecule has 2 heterocycles. The fourth-order valence-corrected chi connectivity index (χ4v) is 5.49. The van der Waals surface area contributed by atoms with E-state index in [1.807, 2.05) is 12.1 Å². The second-order valence-electron chi connectivity index (χ2n) is 8.27. The lowest BCUT2D eigenvalue weighted by molar-refractivity contribution is -0.122. The quantitative estimate of drug-likeness (QED) is 0.296. The molecule has 2 aliphatic heterocycles. The summed E-state index contributed by atoms with van der Waals surface area (Å²) in [7, 11) is 1.57. The van der Waals surface area contributed by atoms with Crippen molar-refractivity contribution in [2.75, 3.05) is 30.4 Å². The van der Waals surface area contributed by atoms with E-state index in [1.165, 1.54) is 4.90 Å². The molecule has 0 aromatic heterocycles. The van der Waals surface area contributed by atoms with Crippen LogP contribution in [-0.4, -0.2) is 47.1 Å². The van der Waals surface area contributed by atoms with Gasteiger partial charge in [-0.3, -0.25) is 24.2 Å². The predicted octanol–water partition coefficient (Wildman–Crippen LogP) is 4.83. The van der Waals surface area contributed by atoms with Crippen LogP contribution in [0.3, 0.4) is 0 Å². The Kier molecular flexibility index (Phi) is 7.87. The van der Waals surface area contributed by atoms with Gasteiger partial charge in [0.05, 0.1) is 23.3 Å². The maximum absolute atomic E-state index is 13.5. The average Bonchev–Trinajstić information content (AvgIpc) is 3.29. The smallest absolute Gasteiger partial charge is 0.267 e. The summed E-state index contributed by atoms with van der Waals surface area (Å²) in [5.41, 5.74) is 2.15. The number of nitrogens with one attached hydrogen (secondary N) is 1. The molecule has 0 spiro atoms. The largest absolute Gasteiger partial charge is 0.497 e. The van der Waals surface area contributed by atoms with Gasteiger partial charge in [-0.2, -0.15) is 0 Å². The molecule has 9 heteroatoms. The van der Waals surface area contributed by atoms with E-state index in [2.05, 4.69) is 12.2 Å². The van der Waals surface area contributed by atoms with Gasteiger partial charge in [-0.15, -0.1) is 0 Å². The van der Waals surface area contributed by atoms with Gasteiger partial charge in [0.25, 0.3) is 11.8 Å². The fraction of sp³-hybridized carbons (Fsp3) is 0.308. The highest BCUT2D eigenvalue weighted by molar-refractivity contribution is 8.26. The molecule has 1 saturated heterocycles. The number of fused-ring (bicyclic) bond motifs is 1. The molecule has 1 N–H and O–H groups in total. The zero-order valence-corrected chi connectivity index (χ0v) is 21.3. The van der Waals surface area contributed by atoms with Crippen molar-refractivity contribution in [3.63, 3.8) is 0 Å². The van der Waals surface area contributed by atoms with Crippen LogP contribution in [0.4, 0.5) is 11.4 Å². The summed E-state index contributed by atoms with van der Waals surface area (Å²) < 4.78 is 5.61. The lowest BCUT2D eigenvalue weighted by Gasteiger charge is -2.17. The highest BCUT2D eigenvalue weighted by atomic mass is 32.2. The topological polar surface area (TPSA) is 79.0 Å². The SMILES string of the molecule is CCCCCCN1C(=O)C(=C2C(=O)N(CC(=O)Nc3ccc(OC)cc3)c3ccccc32)SC1=S. The number of anilines is 2. The van der Waals surface area contributed by atoms with Gasteiger partial charge in [-0.05, 0) is 36.8 Å². The predicted molar refractivity (Wildman–Crippen MR) is 143 cm³/mol. The number of rotatable bonds is 9. The van der Waals surface area contributed by atoms with Crippen molar-refractivity contribution in [1.29, 1.82) is 0 Å². The molecule has 2 aromatic carbocycles. The van der Waals surface area contributed by atoms with E-state index in [-0.39, 0.29) is 24.3 Å². The van der Waals surface area contributed by atoms with Gasteiger partial charge in [0, 0.05) is 17.8 Å². The summed E-state index contributed by atoms with van der Waals surface area (Å²) in [4.78, 5) is 42.9. The number of nitrogens with zero attached hydrogens (tertiary/aromatic N) is 2. The van der Waals surface area contributed by atoms with Crippen LogP contribution in [0.2, 0.25) is 0 Å². The molecule has 0 radical (unpaired) electrons. The first-order valence-electron chi connectivity index (χ1n) is 11.6. The summed E-state index contributed by atoms with van der Waals surface area (Å²) in [5.74, 6) is -0.274. The minimum atomic E-state index is -0.373. The summed E-state index contributed by atoms with van der Waals surface area (Å²) in [6, 6.07) is 14.2. The van der Waals surface area contributed by atoms with E-state index in [9.17, 15) is 14.4 Å². The monoisotopic (exact) mass is 509 g/mol. The number of thiocarbonyl (C=S) groups is 1. The van der Waals surface area contributed by atoms with E-state index in [4.69, 9.17) is 17.0 Å². The first kappa shape index (κ1) is 24.9. The van der Waals surface area contributed by atoms with Gasteiger partial charge < -0.3 is 10.1 Å². The number of hydrogen-bond donors (Lipinski definition) is 1. The normalized spacial score (nSPS) is 17.3. The van der Waals surface area contributed by atoms with Gasteiger partial charge in [0.1, 0.15) is 16.6 Å². The molecule has 2 aromatic rings. The number of methoxy groups -OCH3 is 1. The van der Waals surface area contributed by atoms with Gasteiger partial charge in [0.2, 0.25) is 5.91 Å². The van der Waals surface area contributed by atoms with Crippen LogP contribution >= 0.6 is 24.0 Å². The van der Waals surface area contributed by atoms with E-state index < -0.39 is 0 Å².